The van der Waals surface area contributed by atoms with Crippen molar-refractivity contribution in [3.63, 3.8) is 0 Å². The Kier molecular flexibility index (Phi) is 5.04. The fourth-order valence-corrected chi connectivity index (χ4v) is 1.84. The predicted octanol–water partition coefficient (Wildman–Crippen LogP) is 0.923. The quantitative estimate of drug-likeness (QED) is 0.511. The van der Waals surface area contributed by atoms with Gasteiger partial charge >= 0.3 is 0 Å². The summed E-state index contributed by atoms with van der Waals surface area (Å²) in [5, 5.41) is 0.601. The minimum Gasteiger partial charge on any atom is -0.0812 e. The highest BCUT2D eigenvalue weighted by Crippen LogP contribution is 2.41. The van der Waals surface area contributed by atoms with Crippen molar-refractivity contribution in [1.29, 1.82) is 0 Å². The summed E-state index contributed by atoms with van der Waals surface area (Å²) >= 11 is 0. The Balaban J connectivity index is 4.01. The first-order valence-corrected chi connectivity index (χ1v) is 5.06. The van der Waals surface area contributed by atoms with Gasteiger partial charge in [-0.25, -0.2) is 0 Å². The Morgan fingerprint density at radius 2 is 2.09 bits per heavy atom. The topological polar surface area (TPSA) is 0 Å². The molecule has 0 fully saturated rings. The maximum absolute atomic E-state index is 2.44. The second-order valence-corrected chi connectivity index (χ2v) is 4.31. The molecule has 0 rings (SSSR count). The van der Waals surface area contributed by atoms with Gasteiger partial charge in [0.15, 0.2) is 0 Å². The zero-order valence-corrected chi connectivity index (χ0v) is 8.91. The highest BCUT2D eigenvalue weighted by molar-refractivity contribution is 6.42. The summed E-state index contributed by atoms with van der Waals surface area (Å²) in [5.74, 6) is 0.836. The van der Waals surface area contributed by atoms with Crippen LogP contribution in [0.3, 0.4) is 0 Å². The van der Waals surface area contributed by atoms with Crippen LogP contribution in [0.5, 0.6) is 0 Å². The standard InChI is InChI=1S/C8H21B3/c1-4-11-8(3,5-6-9)7(2)10/h7,11H,4-6,9-10H2,1-3H3. The molecule has 62 valence electrons. The van der Waals surface area contributed by atoms with Gasteiger partial charge in [0.2, 0.25) is 0 Å². The summed E-state index contributed by atoms with van der Waals surface area (Å²) in [5.41, 5.74) is 0. The molecule has 0 amide bonds. The highest BCUT2D eigenvalue weighted by atomic mass is 14.2. The van der Waals surface area contributed by atoms with Crippen LogP contribution >= 0.6 is 0 Å². The minimum absolute atomic E-state index is 0.601. The van der Waals surface area contributed by atoms with Crippen molar-refractivity contribution in [2.45, 2.75) is 51.0 Å². The molecule has 0 aliphatic rings. The fourth-order valence-electron chi connectivity index (χ4n) is 1.84. The summed E-state index contributed by atoms with van der Waals surface area (Å²) in [6.07, 6.45) is 4.04. The van der Waals surface area contributed by atoms with Crippen LogP contribution < -0.4 is 0 Å². The molecule has 11 heavy (non-hydrogen) atoms. The largest absolute Gasteiger partial charge is 0.126 e. The molecule has 0 aliphatic heterocycles. The van der Waals surface area contributed by atoms with Crippen LogP contribution in [0, 0.1) is 0 Å². The van der Waals surface area contributed by atoms with E-state index in [1.165, 1.54) is 26.3 Å². The molecule has 0 aromatic rings. The second kappa shape index (κ2) is 4.95. The third kappa shape index (κ3) is 3.40. The minimum atomic E-state index is 0.601. The van der Waals surface area contributed by atoms with Crippen molar-refractivity contribution in [1.82, 2.24) is 0 Å². The van der Waals surface area contributed by atoms with Crippen molar-refractivity contribution in [2.24, 2.45) is 0 Å². The van der Waals surface area contributed by atoms with E-state index in [1.54, 1.807) is 0 Å². The van der Waals surface area contributed by atoms with E-state index < -0.39 is 0 Å². The third-order valence-electron chi connectivity index (χ3n) is 3.04. The molecule has 0 spiro atoms. The van der Waals surface area contributed by atoms with Crippen LogP contribution in [0.1, 0.15) is 27.2 Å². The zero-order valence-electron chi connectivity index (χ0n) is 8.91. The van der Waals surface area contributed by atoms with Gasteiger partial charge in [0.05, 0.1) is 0 Å². The lowest BCUT2D eigenvalue weighted by molar-refractivity contribution is 0.560. The average Bonchev–Trinajstić information content (AvgIpc) is 1.88. The molecule has 0 aromatic carbocycles. The van der Waals surface area contributed by atoms with Crippen LogP contribution in [0.25, 0.3) is 0 Å². The lowest BCUT2D eigenvalue weighted by Crippen LogP contribution is -2.21. The molecular weight excluding hydrogens is 129 g/mol. The van der Waals surface area contributed by atoms with Crippen molar-refractivity contribution >= 4 is 23.0 Å². The van der Waals surface area contributed by atoms with E-state index in [-0.39, 0.29) is 0 Å². The Morgan fingerprint density at radius 1 is 1.55 bits per heavy atom. The molecule has 0 aliphatic carbocycles. The Labute approximate surface area is 74.6 Å². The van der Waals surface area contributed by atoms with Gasteiger partial charge in [-0.15, -0.1) is 0 Å². The van der Waals surface area contributed by atoms with Crippen LogP contribution in [-0.4, -0.2) is 23.0 Å². The summed E-state index contributed by atoms with van der Waals surface area (Å²) in [4.78, 5) is 0. The smallest absolute Gasteiger partial charge is 0.0812 e. The molecule has 0 bridgehead atoms. The van der Waals surface area contributed by atoms with Gasteiger partial charge in [-0.3, -0.25) is 0 Å². The summed E-state index contributed by atoms with van der Waals surface area (Å²) in [7, 11) is 6.03. The molecular formula is C8H21B3. The molecule has 0 N–H and O–H groups in total. The monoisotopic (exact) mass is 150 g/mol. The zero-order chi connectivity index (χ0) is 8.91. The van der Waals surface area contributed by atoms with Crippen LogP contribution in [0.15, 0.2) is 0 Å². The summed E-state index contributed by atoms with van der Waals surface area (Å²) < 4.78 is 0. The Bertz CT molecular complexity index is 95.5. The molecule has 2 unspecified atom stereocenters. The molecule has 0 nitrogen and oxygen atoms in total. The van der Waals surface area contributed by atoms with Gasteiger partial charge in [-0.2, -0.15) is 0 Å². The predicted molar refractivity (Wildman–Crippen MR) is 61.9 cm³/mol. The van der Waals surface area contributed by atoms with Gasteiger partial charge in [0.1, 0.15) is 23.0 Å². The molecule has 3 heteroatoms. The third-order valence-corrected chi connectivity index (χ3v) is 3.04. The van der Waals surface area contributed by atoms with Gasteiger partial charge in [0, 0.05) is 0 Å². The van der Waals surface area contributed by atoms with Gasteiger partial charge in [-0.1, -0.05) is 51.0 Å². The molecule has 0 heterocycles. The Morgan fingerprint density at radius 3 is 2.36 bits per heavy atom. The highest BCUT2D eigenvalue weighted by Gasteiger charge is 2.26. The van der Waals surface area contributed by atoms with E-state index in [9.17, 15) is 0 Å². The van der Waals surface area contributed by atoms with Crippen molar-refractivity contribution in [3.8, 4) is 0 Å². The van der Waals surface area contributed by atoms with E-state index in [0.717, 1.165) is 5.82 Å². The summed E-state index contributed by atoms with van der Waals surface area (Å²) in [6, 6.07) is 0. The molecule has 2 atom stereocenters. The summed E-state index contributed by atoms with van der Waals surface area (Å²) in [6.45, 7) is 7.08. The number of rotatable bonds is 5. The van der Waals surface area contributed by atoms with Gasteiger partial charge in [-0.05, 0) is 0 Å². The SMILES string of the molecule is BCCC(C)(BCC)C(B)C. The van der Waals surface area contributed by atoms with Crippen LogP contribution in [0.2, 0.25) is 23.8 Å². The van der Waals surface area contributed by atoms with Crippen molar-refractivity contribution < 1.29 is 0 Å². The normalized spacial score (nSPS) is 18.8. The molecule has 0 saturated heterocycles. The van der Waals surface area contributed by atoms with Gasteiger partial charge in [0.25, 0.3) is 0 Å². The number of hydrogen-bond acceptors (Lipinski definition) is 0. The van der Waals surface area contributed by atoms with Crippen LogP contribution in [-0.2, 0) is 0 Å². The first kappa shape index (κ1) is 11.2. The van der Waals surface area contributed by atoms with E-state index in [2.05, 4.69) is 36.5 Å². The lowest BCUT2D eigenvalue weighted by Gasteiger charge is -2.33. The van der Waals surface area contributed by atoms with E-state index in [1.807, 2.05) is 0 Å². The van der Waals surface area contributed by atoms with Gasteiger partial charge < -0.3 is 0 Å². The van der Waals surface area contributed by atoms with Crippen molar-refractivity contribution in [3.05, 3.63) is 0 Å². The molecule has 0 aromatic heterocycles. The number of hydrogen-bond donors (Lipinski definition) is 0. The van der Waals surface area contributed by atoms with Crippen LogP contribution in [0.4, 0.5) is 0 Å². The van der Waals surface area contributed by atoms with E-state index >= 15 is 0 Å². The second-order valence-electron chi connectivity index (χ2n) is 4.31. The maximum Gasteiger partial charge on any atom is 0.126 e. The van der Waals surface area contributed by atoms with E-state index in [4.69, 9.17) is 0 Å². The van der Waals surface area contributed by atoms with E-state index in [0.29, 0.717) is 5.31 Å². The molecule has 0 saturated carbocycles. The fraction of sp³-hybridized carbons (Fsp3) is 1.00. The first-order valence-electron chi connectivity index (χ1n) is 5.06. The van der Waals surface area contributed by atoms with Crippen molar-refractivity contribution in [2.75, 3.05) is 0 Å². The maximum atomic E-state index is 2.44. The lowest BCUT2D eigenvalue weighted by atomic mass is 9.42. The first-order chi connectivity index (χ1) is 5.06. The Hall–Kier alpha value is 0.195. The average molecular weight is 150 g/mol. The molecule has 0 radical (unpaired) electrons.